The summed E-state index contributed by atoms with van der Waals surface area (Å²) in [5.74, 6) is 0.545. The summed E-state index contributed by atoms with van der Waals surface area (Å²) < 4.78 is 15.3. The first kappa shape index (κ1) is 12.4. The van der Waals surface area contributed by atoms with E-state index in [1.165, 1.54) is 25.7 Å². The van der Waals surface area contributed by atoms with Crippen LogP contribution in [0.4, 0.5) is 0 Å². The Kier molecular flexibility index (Phi) is 3.85. The van der Waals surface area contributed by atoms with Crippen molar-refractivity contribution in [2.45, 2.75) is 69.4 Å². The summed E-state index contributed by atoms with van der Waals surface area (Å²) >= 11 is 0. The number of ether oxygens (including phenoxy) is 3. The molecule has 0 N–H and O–H groups in total. The maximum absolute atomic E-state index is 9.89. The number of carbonyl (C=O) groups excluding carboxylic acids is 1. The molecule has 0 amide bonds. The van der Waals surface area contributed by atoms with Gasteiger partial charge in [-0.25, -0.2) is 0 Å². The molecule has 2 saturated carbocycles. The third-order valence-electron chi connectivity index (χ3n) is 4.43. The average Bonchev–Trinajstić information content (AvgIpc) is 3.28. The summed E-state index contributed by atoms with van der Waals surface area (Å²) in [6.07, 6.45) is 11.3. The van der Waals surface area contributed by atoms with Gasteiger partial charge in [0.2, 0.25) is 0 Å². The molecule has 0 aromatic rings. The van der Waals surface area contributed by atoms with Gasteiger partial charge in [0.05, 0.1) is 31.0 Å². The van der Waals surface area contributed by atoms with Crippen molar-refractivity contribution in [3.63, 3.8) is 0 Å². The topological polar surface area (TPSA) is 51.4 Å². The highest BCUT2D eigenvalue weighted by molar-refractivity contribution is 5.36. The molecule has 18 heavy (non-hydrogen) atoms. The molecule has 2 aliphatic carbocycles. The van der Waals surface area contributed by atoms with Gasteiger partial charge in [0, 0.05) is 0 Å². The van der Waals surface area contributed by atoms with Gasteiger partial charge in [0.15, 0.2) is 0 Å². The van der Waals surface area contributed by atoms with Crippen molar-refractivity contribution in [2.24, 2.45) is 5.92 Å². The summed E-state index contributed by atoms with van der Waals surface area (Å²) in [7, 11) is 0. The molecule has 0 spiro atoms. The van der Waals surface area contributed by atoms with Crippen molar-refractivity contribution in [3.8, 4) is 0 Å². The van der Waals surface area contributed by atoms with E-state index in [-0.39, 0.29) is 0 Å². The smallest absolute Gasteiger partial charge is 0.293 e. The summed E-state index contributed by atoms with van der Waals surface area (Å²) in [4.78, 5) is 9.89. The zero-order valence-electron chi connectivity index (χ0n) is 10.8. The van der Waals surface area contributed by atoms with Gasteiger partial charge in [-0.1, -0.05) is 12.8 Å². The molecule has 4 rings (SSSR count). The molecule has 4 fully saturated rings. The molecule has 2 heterocycles. The van der Waals surface area contributed by atoms with Crippen molar-refractivity contribution < 1.29 is 19.0 Å². The van der Waals surface area contributed by atoms with E-state index in [0.29, 0.717) is 43.4 Å². The van der Waals surface area contributed by atoms with Gasteiger partial charge in [0.1, 0.15) is 0 Å². The maximum Gasteiger partial charge on any atom is 0.293 e. The van der Waals surface area contributed by atoms with E-state index >= 15 is 0 Å². The second-order valence-electron chi connectivity index (χ2n) is 5.82. The van der Waals surface area contributed by atoms with Crippen LogP contribution >= 0.6 is 0 Å². The van der Waals surface area contributed by atoms with E-state index in [1.807, 2.05) is 0 Å². The summed E-state index contributed by atoms with van der Waals surface area (Å²) in [6.45, 7) is 1.11. The molecule has 4 nitrogen and oxygen atoms in total. The Balaban J connectivity index is 0.000000122. The van der Waals surface area contributed by atoms with Crippen LogP contribution in [-0.4, -0.2) is 37.5 Å². The van der Waals surface area contributed by atoms with Gasteiger partial charge in [-0.3, -0.25) is 4.79 Å². The maximum atomic E-state index is 9.89. The molecular formula is C14H22O4. The quantitative estimate of drug-likeness (QED) is 0.571. The SMILES string of the molecule is C1CCC2OC2C1.O=COCC1CCC2OC2C1. The third kappa shape index (κ3) is 3.23. The van der Waals surface area contributed by atoms with Crippen LogP contribution in [0.25, 0.3) is 0 Å². The molecule has 2 aliphatic heterocycles. The Hall–Kier alpha value is -0.610. The Bertz CT molecular complexity index is 284. The summed E-state index contributed by atoms with van der Waals surface area (Å²) in [5.41, 5.74) is 0. The molecule has 2 saturated heterocycles. The van der Waals surface area contributed by atoms with Crippen LogP contribution in [0.2, 0.25) is 0 Å². The van der Waals surface area contributed by atoms with E-state index in [9.17, 15) is 4.79 Å². The van der Waals surface area contributed by atoms with Gasteiger partial charge in [-0.2, -0.15) is 0 Å². The van der Waals surface area contributed by atoms with Gasteiger partial charge in [-0.05, 0) is 38.0 Å². The molecule has 5 atom stereocenters. The lowest BCUT2D eigenvalue weighted by atomic mass is 9.90. The minimum Gasteiger partial charge on any atom is -0.468 e. The van der Waals surface area contributed by atoms with Crippen molar-refractivity contribution in [1.29, 1.82) is 0 Å². The van der Waals surface area contributed by atoms with Crippen LogP contribution in [0, 0.1) is 5.92 Å². The first-order valence-corrected chi connectivity index (χ1v) is 7.23. The molecule has 0 bridgehead atoms. The number of fused-ring (bicyclic) bond motifs is 2. The molecule has 5 unspecified atom stereocenters. The third-order valence-corrected chi connectivity index (χ3v) is 4.43. The zero-order valence-corrected chi connectivity index (χ0v) is 10.8. The normalized spacial score (nSPS) is 43.7. The summed E-state index contributed by atoms with van der Waals surface area (Å²) in [6, 6.07) is 0. The molecule has 4 aliphatic rings. The first-order valence-electron chi connectivity index (χ1n) is 7.23. The van der Waals surface area contributed by atoms with Crippen LogP contribution < -0.4 is 0 Å². The zero-order chi connectivity index (χ0) is 12.4. The Morgan fingerprint density at radius 3 is 2.22 bits per heavy atom. The Labute approximate surface area is 108 Å². The largest absolute Gasteiger partial charge is 0.468 e. The van der Waals surface area contributed by atoms with Crippen LogP contribution in [0.3, 0.4) is 0 Å². The second-order valence-corrected chi connectivity index (χ2v) is 5.82. The van der Waals surface area contributed by atoms with E-state index in [0.717, 1.165) is 19.3 Å². The van der Waals surface area contributed by atoms with Gasteiger partial charge in [0.25, 0.3) is 6.47 Å². The lowest BCUT2D eigenvalue weighted by Gasteiger charge is -2.16. The number of rotatable bonds is 3. The van der Waals surface area contributed by atoms with Crippen molar-refractivity contribution in [1.82, 2.24) is 0 Å². The Morgan fingerprint density at radius 2 is 1.61 bits per heavy atom. The van der Waals surface area contributed by atoms with Crippen LogP contribution in [-0.2, 0) is 19.0 Å². The number of hydrogen-bond acceptors (Lipinski definition) is 4. The molecule has 102 valence electrons. The standard InChI is InChI=1S/C8H12O3.C6H10O/c9-5-10-4-6-1-2-7-8(3-6)11-7;1-2-4-6-5(3-1)7-6/h5-8H,1-4H2;5-6H,1-4H2. The van der Waals surface area contributed by atoms with Crippen LogP contribution in [0.1, 0.15) is 44.9 Å². The average molecular weight is 254 g/mol. The predicted octanol–water partition coefficient (Wildman–Crippen LogP) is 2.05. The highest BCUT2D eigenvalue weighted by Crippen LogP contribution is 2.39. The lowest BCUT2D eigenvalue weighted by molar-refractivity contribution is -0.130. The van der Waals surface area contributed by atoms with Crippen molar-refractivity contribution in [2.75, 3.05) is 6.61 Å². The molecule has 0 aromatic heterocycles. The fourth-order valence-corrected chi connectivity index (χ4v) is 3.19. The molecule has 4 heteroatoms. The predicted molar refractivity (Wildman–Crippen MR) is 65.1 cm³/mol. The number of hydrogen-bond donors (Lipinski definition) is 0. The van der Waals surface area contributed by atoms with Gasteiger partial charge >= 0.3 is 0 Å². The number of carbonyl (C=O) groups is 1. The highest BCUT2D eigenvalue weighted by atomic mass is 16.6. The molecular weight excluding hydrogens is 232 g/mol. The summed E-state index contributed by atoms with van der Waals surface area (Å²) in [5, 5.41) is 0. The van der Waals surface area contributed by atoms with E-state index in [4.69, 9.17) is 14.2 Å². The van der Waals surface area contributed by atoms with Gasteiger partial charge in [-0.15, -0.1) is 0 Å². The van der Waals surface area contributed by atoms with Crippen molar-refractivity contribution >= 4 is 6.47 Å². The second kappa shape index (κ2) is 5.57. The van der Waals surface area contributed by atoms with E-state index in [1.54, 1.807) is 0 Å². The monoisotopic (exact) mass is 254 g/mol. The Morgan fingerprint density at radius 1 is 0.944 bits per heavy atom. The molecule has 0 aromatic carbocycles. The van der Waals surface area contributed by atoms with Gasteiger partial charge < -0.3 is 14.2 Å². The van der Waals surface area contributed by atoms with E-state index in [2.05, 4.69) is 0 Å². The fourth-order valence-electron chi connectivity index (χ4n) is 3.19. The fraction of sp³-hybridized carbons (Fsp3) is 0.929. The molecule has 0 radical (unpaired) electrons. The van der Waals surface area contributed by atoms with Crippen LogP contribution in [0.5, 0.6) is 0 Å². The number of epoxide rings is 2. The minimum atomic E-state index is 0.490. The highest BCUT2D eigenvalue weighted by Gasteiger charge is 2.43. The lowest BCUT2D eigenvalue weighted by Crippen LogP contribution is -2.17. The van der Waals surface area contributed by atoms with Crippen LogP contribution in [0.15, 0.2) is 0 Å². The van der Waals surface area contributed by atoms with Crippen molar-refractivity contribution in [3.05, 3.63) is 0 Å². The first-order chi connectivity index (χ1) is 8.86. The van der Waals surface area contributed by atoms with E-state index < -0.39 is 0 Å². The minimum absolute atomic E-state index is 0.490.